The molecule has 2 N–H and O–H groups in total. The van der Waals surface area contributed by atoms with E-state index in [1.807, 2.05) is 37.3 Å². The highest BCUT2D eigenvalue weighted by Gasteiger charge is 2.13. The van der Waals surface area contributed by atoms with Gasteiger partial charge in [-0.2, -0.15) is 0 Å². The van der Waals surface area contributed by atoms with Crippen LogP contribution in [0, 0.1) is 6.92 Å². The zero-order valence-corrected chi connectivity index (χ0v) is 13.2. The van der Waals surface area contributed by atoms with E-state index in [4.69, 9.17) is 0 Å². The van der Waals surface area contributed by atoms with Gasteiger partial charge in [0.05, 0.1) is 6.54 Å². The fraction of sp³-hybridized carbons (Fsp3) is 0.263. The van der Waals surface area contributed by atoms with Gasteiger partial charge in [0.25, 0.3) is 5.91 Å². The fourth-order valence-corrected chi connectivity index (χ4v) is 2.94. The van der Waals surface area contributed by atoms with Crippen LogP contribution in [0.25, 0.3) is 0 Å². The molecule has 0 saturated carbocycles. The molecule has 4 nitrogen and oxygen atoms in total. The lowest BCUT2D eigenvalue weighted by atomic mass is 10.1. The van der Waals surface area contributed by atoms with Gasteiger partial charge in [0.1, 0.15) is 0 Å². The molecule has 0 fully saturated rings. The molecule has 1 aliphatic carbocycles. The molecule has 0 bridgehead atoms. The molecule has 0 unspecified atom stereocenters. The zero-order valence-electron chi connectivity index (χ0n) is 13.2. The first kappa shape index (κ1) is 15.3. The monoisotopic (exact) mass is 308 g/mol. The van der Waals surface area contributed by atoms with Gasteiger partial charge < -0.3 is 10.6 Å². The molecular formula is C19H20N2O2. The number of hydrogen-bond acceptors (Lipinski definition) is 2. The Kier molecular flexibility index (Phi) is 4.42. The number of carbonyl (C=O) groups excluding carboxylic acids is 2. The van der Waals surface area contributed by atoms with Crippen LogP contribution in [0.4, 0.5) is 5.69 Å². The van der Waals surface area contributed by atoms with Gasteiger partial charge in [0, 0.05) is 11.3 Å². The van der Waals surface area contributed by atoms with Crippen molar-refractivity contribution in [3.8, 4) is 0 Å². The van der Waals surface area contributed by atoms with E-state index in [-0.39, 0.29) is 18.4 Å². The summed E-state index contributed by atoms with van der Waals surface area (Å²) >= 11 is 0. The fourth-order valence-electron chi connectivity index (χ4n) is 2.94. The number of fused-ring (bicyclic) bond motifs is 1. The smallest absolute Gasteiger partial charge is 0.251 e. The summed E-state index contributed by atoms with van der Waals surface area (Å²) in [5.41, 5.74) is 4.96. The van der Waals surface area contributed by atoms with E-state index in [9.17, 15) is 9.59 Å². The van der Waals surface area contributed by atoms with Crippen LogP contribution in [-0.4, -0.2) is 18.4 Å². The normalized spacial score (nSPS) is 12.6. The van der Waals surface area contributed by atoms with Crippen LogP contribution in [-0.2, 0) is 17.6 Å². The summed E-state index contributed by atoms with van der Waals surface area (Å²) in [5.74, 6) is -0.447. The first-order valence-electron chi connectivity index (χ1n) is 7.89. The number of carbonyl (C=O) groups is 2. The minimum Gasteiger partial charge on any atom is -0.343 e. The largest absolute Gasteiger partial charge is 0.343 e. The molecule has 0 heterocycles. The molecule has 1 aliphatic rings. The molecule has 0 saturated heterocycles. The van der Waals surface area contributed by atoms with Gasteiger partial charge in [-0.1, -0.05) is 24.3 Å². The van der Waals surface area contributed by atoms with Crippen molar-refractivity contribution < 1.29 is 9.59 Å². The van der Waals surface area contributed by atoms with Crippen LogP contribution < -0.4 is 10.6 Å². The van der Waals surface area contributed by atoms with Crippen molar-refractivity contribution in [2.75, 3.05) is 11.9 Å². The minimum atomic E-state index is -0.229. The first-order valence-corrected chi connectivity index (χ1v) is 7.89. The molecule has 0 radical (unpaired) electrons. The van der Waals surface area contributed by atoms with E-state index in [2.05, 4.69) is 16.7 Å². The van der Waals surface area contributed by atoms with Gasteiger partial charge in [-0.15, -0.1) is 0 Å². The van der Waals surface area contributed by atoms with Gasteiger partial charge >= 0.3 is 0 Å². The lowest BCUT2D eigenvalue weighted by Crippen LogP contribution is -2.33. The van der Waals surface area contributed by atoms with E-state index in [1.165, 1.54) is 17.5 Å². The standard InChI is InChI=1S/C19H20N2O2/c1-13-5-2-3-8-17(13)19(23)20-12-18(22)21-16-10-9-14-6-4-7-15(14)11-16/h2-3,5,8-11H,4,6-7,12H2,1H3,(H,20,23)(H,21,22). The molecule has 0 aliphatic heterocycles. The van der Waals surface area contributed by atoms with E-state index >= 15 is 0 Å². The van der Waals surface area contributed by atoms with Crippen molar-refractivity contribution in [3.05, 3.63) is 64.7 Å². The van der Waals surface area contributed by atoms with Gasteiger partial charge in [-0.05, 0) is 61.1 Å². The van der Waals surface area contributed by atoms with Crippen molar-refractivity contribution in [1.82, 2.24) is 5.32 Å². The molecule has 2 amide bonds. The number of amides is 2. The maximum Gasteiger partial charge on any atom is 0.251 e. The van der Waals surface area contributed by atoms with Crippen molar-refractivity contribution in [1.29, 1.82) is 0 Å². The maximum absolute atomic E-state index is 12.1. The number of hydrogen-bond donors (Lipinski definition) is 2. The van der Waals surface area contributed by atoms with Gasteiger partial charge in [0.2, 0.25) is 5.91 Å². The third kappa shape index (κ3) is 3.59. The van der Waals surface area contributed by atoms with Crippen LogP contribution in [0.2, 0.25) is 0 Å². The molecule has 0 aromatic heterocycles. The summed E-state index contributed by atoms with van der Waals surface area (Å²) in [4.78, 5) is 24.1. The van der Waals surface area contributed by atoms with Crippen LogP contribution in [0.1, 0.15) is 33.5 Å². The second kappa shape index (κ2) is 6.65. The van der Waals surface area contributed by atoms with Gasteiger partial charge in [-0.25, -0.2) is 0 Å². The summed E-state index contributed by atoms with van der Waals surface area (Å²) in [6.45, 7) is 1.84. The Bertz CT molecular complexity index is 753. The highest BCUT2D eigenvalue weighted by molar-refractivity contribution is 6.00. The molecular weight excluding hydrogens is 288 g/mol. The molecule has 118 valence electrons. The molecule has 0 spiro atoms. The Labute approximate surface area is 135 Å². The number of nitrogens with one attached hydrogen (secondary N) is 2. The average Bonchev–Trinajstić information content (AvgIpc) is 3.01. The van der Waals surface area contributed by atoms with Crippen molar-refractivity contribution >= 4 is 17.5 Å². The van der Waals surface area contributed by atoms with Crippen LogP contribution >= 0.6 is 0 Å². The Balaban J connectivity index is 1.56. The minimum absolute atomic E-state index is 0.0374. The Morgan fingerprint density at radius 3 is 2.65 bits per heavy atom. The summed E-state index contributed by atoms with van der Waals surface area (Å²) < 4.78 is 0. The first-order chi connectivity index (χ1) is 11.1. The van der Waals surface area contributed by atoms with Gasteiger partial charge in [0.15, 0.2) is 0 Å². The van der Waals surface area contributed by atoms with Crippen molar-refractivity contribution in [2.45, 2.75) is 26.2 Å². The number of aryl methyl sites for hydroxylation is 3. The average molecular weight is 308 g/mol. The second-order valence-corrected chi connectivity index (χ2v) is 5.88. The Hall–Kier alpha value is -2.62. The third-order valence-corrected chi connectivity index (χ3v) is 4.18. The van der Waals surface area contributed by atoms with Crippen LogP contribution in [0.15, 0.2) is 42.5 Å². The zero-order chi connectivity index (χ0) is 16.2. The molecule has 2 aromatic carbocycles. The Morgan fingerprint density at radius 2 is 1.83 bits per heavy atom. The summed E-state index contributed by atoms with van der Waals surface area (Å²) in [5, 5.41) is 5.50. The predicted octanol–water partition coefficient (Wildman–Crippen LogP) is 2.85. The summed E-state index contributed by atoms with van der Waals surface area (Å²) in [7, 11) is 0. The van der Waals surface area contributed by atoms with Crippen LogP contribution in [0.5, 0.6) is 0 Å². The van der Waals surface area contributed by atoms with E-state index in [0.29, 0.717) is 5.56 Å². The molecule has 0 atom stereocenters. The van der Waals surface area contributed by atoms with E-state index < -0.39 is 0 Å². The topological polar surface area (TPSA) is 58.2 Å². The van der Waals surface area contributed by atoms with Crippen molar-refractivity contribution in [3.63, 3.8) is 0 Å². The second-order valence-electron chi connectivity index (χ2n) is 5.88. The third-order valence-electron chi connectivity index (χ3n) is 4.18. The Morgan fingerprint density at radius 1 is 1.04 bits per heavy atom. The number of anilines is 1. The number of benzene rings is 2. The quantitative estimate of drug-likeness (QED) is 0.912. The lowest BCUT2D eigenvalue weighted by Gasteiger charge is -2.09. The molecule has 3 rings (SSSR count). The van der Waals surface area contributed by atoms with E-state index in [1.54, 1.807) is 6.07 Å². The summed E-state index contributed by atoms with van der Waals surface area (Å²) in [6.07, 6.45) is 3.37. The van der Waals surface area contributed by atoms with Crippen LogP contribution in [0.3, 0.4) is 0 Å². The molecule has 4 heteroatoms. The van der Waals surface area contributed by atoms with E-state index in [0.717, 1.165) is 24.1 Å². The molecule has 23 heavy (non-hydrogen) atoms. The highest BCUT2D eigenvalue weighted by Crippen LogP contribution is 2.24. The lowest BCUT2D eigenvalue weighted by molar-refractivity contribution is -0.115. The predicted molar refractivity (Wildman–Crippen MR) is 90.6 cm³/mol. The van der Waals surface area contributed by atoms with Crippen molar-refractivity contribution in [2.24, 2.45) is 0 Å². The summed E-state index contributed by atoms with van der Waals surface area (Å²) in [6, 6.07) is 13.3. The highest BCUT2D eigenvalue weighted by atomic mass is 16.2. The number of rotatable bonds is 4. The molecule has 2 aromatic rings. The maximum atomic E-state index is 12.1. The SMILES string of the molecule is Cc1ccccc1C(=O)NCC(=O)Nc1ccc2c(c1)CCC2. The van der Waals surface area contributed by atoms with Gasteiger partial charge in [-0.3, -0.25) is 9.59 Å².